The Morgan fingerprint density at radius 3 is 2.95 bits per heavy atom. The lowest BCUT2D eigenvalue weighted by atomic mass is 9.93. The molecular formula is C15H20ClN3O2. The maximum Gasteiger partial charge on any atom is 0.238 e. The number of nitrogens with zero attached hydrogens (tertiary/aromatic N) is 2. The molecule has 1 aromatic carbocycles. The Hall–Kier alpha value is -1.59. The maximum absolute atomic E-state index is 12.1. The summed E-state index contributed by atoms with van der Waals surface area (Å²) in [6.45, 7) is 3.85. The normalized spacial score (nSPS) is 21.4. The minimum absolute atomic E-state index is 0.0812. The van der Waals surface area contributed by atoms with Crippen molar-refractivity contribution in [3.63, 3.8) is 0 Å². The van der Waals surface area contributed by atoms with Crippen LogP contribution in [0.5, 0.6) is 0 Å². The summed E-state index contributed by atoms with van der Waals surface area (Å²) in [5.41, 5.74) is 1.46. The van der Waals surface area contributed by atoms with Crippen molar-refractivity contribution in [1.29, 1.82) is 0 Å². The van der Waals surface area contributed by atoms with E-state index in [1.165, 1.54) is 0 Å². The first kappa shape index (κ1) is 15.8. The van der Waals surface area contributed by atoms with Gasteiger partial charge in [0.05, 0.1) is 23.0 Å². The van der Waals surface area contributed by atoms with Crippen molar-refractivity contribution in [2.45, 2.75) is 19.8 Å². The minimum atomic E-state index is -0.0812. The van der Waals surface area contributed by atoms with Gasteiger partial charge in [-0.3, -0.25) is 9.69 Å². The van der Waals surface area contributed by atoms with E-state index in [2.05, 4.69) is 22.3 Å². The van der Waals surface area contributed by atoms with Gasteiger partial charge in [-0.15, -0.1) is 0 Å². The Bertz CT molecular complexity index is 533. The molecule has 0 radical (unpaired) electrons. The van der Waals surface area contributed by atoms with Crippen LogP contribution in [0.15, 0.2) is 29.4 Å². The second kappa shape index (κ2) is 7.43. The van der Waals surface area contributed by atoms with E-state index in [1.54, 1.807) is 12.1 Å². The number of piperidine rings is 1. The standard InChI is InChI=1S/C15H20ClN3O2/c1-2-11-9-19(8-7-13(11)18-21)10-15(20)17-14-6-4-3-5-12(14)16/h3-6,11,21H,2,7-10H2,1H3,(H,17,20)/b18-13+. The van der Waals surface area contributed by atoms with Gasteiger partial charge in [-0.1, -0.05) is 35.8 Å². The van der Waals surface area contributed by atoms with Crippen LogP contribution in [0.1, 0.15) is 19.8 Å². The molecule has 5 nitrogen and oxygen atoms in total. The summed E-state index contributed by atoms with van der Waals surface area (Å²) < 4.78 is 0. The molecule has 6 heteroatoms. The fourth-order valence-corrected chi connectivity index (χ4v) is 2.76. The number of anilines is 1. The Morgan fingerprint density at radius 2 is 2.29 bits per heavy atom. The molecule has 1 aliphatic rings. The van der Waals surface area contributed by atoms with Gasteiger partial charge in [0.15, 0.2) is 0 Å². The molecule has 114 valence electrons. The fourth-order valence-electron chi connectivity index (χ4n) is 2.58. The van der Waals surface area contributed by atoms with E-state index >= 15 is 0 Å². The van der Waals surface area contributed by atoms with Crippen LogP contribution in [0.2, 0.25) is 5.02 Å². The SMILES string of the molecule is CCC1CN(CC(=O)Nc2ccccc2Cl)CC/C1=N\O. The average Bonchev–Trinajstić information content (AvgIpc) is 2.49. The van der Waals surface area contributed by atoms with Crippen molar-refractivity contribution < 1.29 is 10.0 Å². The molecule has 1 unspecified atom stereocenters. The first-order chi connectivity index (χ1) is 10.1. The topological polar surface area (TPSA) is 64.9 Å². The van der Waals surface area contributed by atoms with E-state index in [0.717, 1.165) is 25.2 Å². The van der Waals surface area contributed by atoms with Gasteiger partial charge in [0.25, 0.3) is 0 Å². The smallest absolute Gasteiger partial charge is 0.238 e. The summed E-state index contributed by atoms with van der Waals surface area (Å²) in [5, 5.41) is 15.7. The molecule has 2 N–H and O–H groups in total. The molecule has 21 heavy (non-hydrogen) atoms. The highest BCUT2D eigenvalue weighted by molar-refractivity contribution is 6.33. The summed E-state index contributed by atoms with van der Waals surface area (Å²) >= 11 is 6.02. The van der Waals surface area contributed by atoms with E-state index < -0.39 is 0 Å². The molecular weight excluding hydrogens is 290 g/mol. The molecule has 1 atom stereocenters. The highest BCUT2D eigenvalue weighted by Gasteiger charge is 2.25. The van der Waals surface area contributed by atoms with Gasteiger partial charge in [0.1, 0.15) is 0 Å². The van der Waals surface area contributed by atoms with E-state index in [-0.39, 0.29) is 11.8 Å². The van der Waals surface area contributed by atoms with Crippen LogP contribution in [-0.4, -0.2) is 41.4 Å². The second-order valence-electron chi connectivity index (χ2n) is 5.21. The zero-order valence-electron chi connectivity index (χ0n) is 12.1. The summed E-state index contributed by atoms with van der Waals surface area (Å²) in [7, 11) is 0. The number of para-hydroxylation sites is 1. The fraction of sp³-hybridized carbons (Fsp3) is 0.467. The van der Waals surface area contributed by atoms with Gasteiger partial charge in [-0.05, 0) is 18.6 Å². The molecule has 0 spiro atoms. The van der Waals surface area contributed by atoms with E-state index in [4.69, 9.17) is 16.8 Å². The number of carbonyl (C=O) groups excluding carboxylic acids is 1. The quantitative estimate of drug-likeness (QED) is 0.664. The maximum atomic E-state index is 12.1. The number of amides is 1. The number of likely N-dealkylation sites (tertiary alicyclic amines) is 1. The first-order valence-corrected chi connectivity index (χ1v) is 7.49. The monoisotopic (exact) mass is 309 g/mol. The van der Waals surface area contributed by atoms with Gasteiger partial charge in [-0.25, -0.2) is 0 Å². The predicted molar refractivity (Wildman–Crippen MR) is 84.1 cm³/mol. The average molecular weight is 310 g/mol. The largest absolute Gasteiger partial charge is 0.411 e. The predicted octanol–water partition coefficient (Wildman–Crippen LogP) is 2.84. The van der Waals surface area contributed by atoms with E-state index in [9.17, 15) is 4.79 Å². The van der Waals surface area contributed by atoms with E-state index in [0.29, 0.717) is 23.7 Å². The van der Waals surface area contributed by atoms with Crippen LogP contribution < -0.4 is 5.32 Å². The molecule has 1 heterocycles. The van der Waals surface area contributed by atoms with Crippen LogP contribution in [0, 0.1) is 5.92 Å². The number of oxime groups is 1. The van der Waals surface area contributed by atoms with Crippen molar-refractivity contribution in [1.82, 2.24) is 4.90 Å². The highest BCUT2D eigenvalue weighted by Crippen LogP contribution is 2.21. The molecule has 1 aliphatic heterocycles. The van der Waals surface area contributed by atoms with Crippen LogP contribution in [0.25, 0.3) is 0 Å². The van der Waals surface area contributed by atoms with E-state index in [1.807, 2.05) is 12.1 Å². The molecule has 0 bridgehead atoms. The Kier molecular flexibility index (Phi) is 5.59. The summed E-state index contributed by atoms with van der Waals surface area (Å²) in [6, 6.07) is 7.18. The van der Waals surface area contributed by atoms with Crippen molar-refractivity contribution >= 4 is 28.9 Å². The molecule has 0 aromatic heterocycles. The van der Waals surface area contributed by atoms with Crippen molar-refractivity contribution in [2.24, 2.45) is 11.1 Å². The van der Waals surface area contributed by atoms with Gasteiger partial charge >= 0.3 is 0 Å². The minimum Gasteiger partial charge on any atom is -0.411 e. The van der Waals surface area contributed by atoms with Crippen molar-refractivity contribution in [3.05, 3.63) is 29.3 Å². The van der Waals surface area contributed by atoms with Gasteiger partial charge in [-0.2, -0.15) is 0 Å². The lowest BCUT2D eigenvalue weighted by Crippen LogP contribution is -2.44. The number of hydrogen-bond acceptors (Lipinski definition) is 4. The molecule has 1 amide bonds. The third kappa shape index (κ3) is 4.19. The van der Waals surface area contributed by atoms with Gasteiger partial charge < -0.3 is 10.5 Å². The third-order valence-corrected chi connectivity index (χ3v) is 4.10. The molecule has 2 rings (SSSR count). The number of halogens is 1. The second-order valence-corrected chi connectivity index (χ2v) is 5.62. The number of carbonyl (C=O) groups is 1. The zero-order valence-corrected chi connectivity index (χ0v) is 12.8. The third-order valence-electron chi connectivity index (χ3n) is 3.77. The lowest BCUT2D eigenvalue weighted by Gasteiger charge is -2.32. The number of nitrogens with one attached hydrogen (secondary N) is 1. The molecule has 0 aliphatic carbocycles. The highest BCUT2D eigenvalue weighted by atomic mass is 35.5. The first-order valence-electron chi connectivity index (χ1n) is 7.11. The van der Waals surface area contributed by atoms with Gasteiger partial charge in [0.2, 0.25) is 5.91 Å². The van der Waals surface area contributed by atoms with Crippen molar-refractivity contribution in [3.8, 4) is 0 Å². The van der Waals surface area contributed by atoms with Gasteiger partial charge in [0, 0.05) is 25.4 Å². The molecule has 1 aromatic rings. The summed E-state index contributed by atoms with van der Waals surface area (Å²) in [5.74, 6) is 0.138. The Morgan fingerprint density at radius 1 is 1.52 bits per heavy atom. The summed E-state index contributed by atoms with van der Waals surface area (Å²) in [4.78, 5) is 14.2. The molecule has 0 saturated carbocycles. The Balaban J connectivity index is 1.90. The number of benzene rings is 1. The van der Waals surface area contributed by atoms with Crippen LogP contribution >= 0.6 is 11.6 Å². The zero-order chi connectivity index (χ0) is 15.2. The lowest BCUT2D eigenvalue weighted by molar-refractivity contribution is -0.117. The molecule has 1 saturated heterocycles. The number of rotatable bonds is 4. The van der Waals surface area contributed by atoms with Crippen molar-refractivity contribution in [2.75, 3.05) is 25.0 Å². The van der Waals surface area contributed by atoms with Crippen LogP contribution in [0.4, 0.5) is 5.69 Å². The number of hydrogen-bond donors (Lipinski definition) is 2. The Labute approximate surface area is 129 Å². The summed E-state index contributed by atoms with van der Waals surface area (Å²) in [6.07, 6.45) is 1.61. The van der Waals surface area contributed by atoms with Crippen LogP contribution in [0.3, 0.4) is 0 Å². The van der Waals surface area contributed by atoms with Crippen LogP contribution in [-0.2, 0) is 4.79 Å². The molecule has 1 fully saturated rings.